The van der Waals surface area contributed by atoms with Crippen molar-refractivity contribution in [1.82, 2.24) is 16.2 Å². The Morgan fingerprint density at radius 3 is 2.46 bits per heavy atom. The highest BCUT2D eigenvalue weighted by Gasteiger charge is 2.11. The third-order valence-electron chi connectivity index (χ3n) is 3.36. The molecule has 2 rings (SSSR count). The third-order valence-corrected chi connectivity index (χ3v) is 4.42. The van der Waals surface area contributed by atoms with Crippen LogP contribution in [0.3, 0.4) is 0 Å². The number of rotatable bonds is 6. The van der Waals surface area contributed by atoms with Crippen molar-refractivity contribution in [2.24, 2.45) is 0 Å². The summed E-state index contributed by atoms with van der Waals surface area (Å²) in [4.78, 5) is 23.9. The Morgan fingerprint density at radius 1 is 1.00 bits per heavy atom. The van der Waals surface area contributed by atoms with Gasteiger partial charge in [0, 0.05) is 11.4 Å². The number of hydrazine groups is 1. The van der Waals surface area contributed by atoms with Crippen molar-refractivity contribution in [1.29, 1.82) is 0 Å². The molecule has 0 aromatic heterocycles. The topological polar surface area (TPSA) is 79.5 Å². The van der Waals surface area contributed by atoms with Gasteiger partial charge in [-0.25, -0.2) is 0 Å². The Bertz CT molecular complexity index is 880. The van der Waals surface area contributed by atoms with Crippen LogP contribution in [0.4, 0.5) is 0 Å². The Balaban J connectivity index is 1.66. The summed E-state index contributed by atoms with van der Waals surface area (Å²) in [7, 11) is 0. The lowest BCUT2D eigenvalue weighted by molar-refractivity contribution is -0.121. The van der Waals surface area contributed by atoms with Crippen LogP contribution in [0.25, 0.3) is 0 Å². The van der Waals surface area contributed by atoms with Crippen LogP contribution >= 0.6 is 47.0 Å². The number of carbonyl (C=O) groups is 2. The van der Waals surface area contributed by atoms with Gasteiger partial charge >= 0.3 is 0 Å². The van der Waals surface area contributed by atoms with Crippen molar-refractivity contribution in [3.8, 4) is 5.75 Å². The van der Waals surface area contributed by atoms with E-state index < -0.39 is 5.91 Å². The summed E-state index contributed by atoms with van der Waals surface area (Å²) < 4.78 is 5.49. The number of ether oxygens (including phenoxy) is 1. The quantitative estimate of drug-likeness (QED) is 0.343. The van der Waals surface area contributed by atoms with Gasteiger partial charge in [-0.2, -0.15) is 0 Å². The van der Waals surface area contributed by atoms with Crippen LogP contribution in [0.1, 0.15) is 23.2 Å². The molecular weight excluding hydrogens is 445 g/mol. The van der Waals surface area contributed by atoms with Crippen molar-refractivity contribution >= 4 is 63.9 Å². The summed E-state index contributed by atoms with van der Waals surface area (Å²) in [6.45, 7) is 0.294. The Morgan fingerprint density at radius 2 is 1.75 bits per heavy atom. The van der Waals surface area contributed by atoms with E-state index in [1.807, 2.05) is 0 Å². The highest BCUT2D eigenvalue weighted by atomic mass is 35.5. The molecule has 0 atom stereocenters. The summed E-state index contributed by atoms with van der Waals surface area (Å²) in [6.07, 6.45) is 0.629. The van der Waals surface area contributed by atoms with Crippen molar-refractivity contribution in [2.45, 2.75) is 12.8 Å². The SMILES string of the molecule is O=C(CCCOc1ccc(Cl)cc1Cl)NNC(=S)NC(=O)c1ccccc1Cl. The minimum Gasteiger partial charge on any atom is -0.492 e. The number of hydrogen-bond acceptors (Lipinski definition) is 4. The van der Waals surface area contributed by atoms with E-state index in [9.17, 15) is 9.59 Å². The first kappa shape index (κ1) is 22.2. The van der Waals surface area contributed by atoms with E-state index >= 15 is 0 Å². The van der Waals surface area contributed by atoms with E-state index in [1.165, 1.54) is 0 Å². The van der Waals surface area contributed by atoms with Crippen LogP contribution in [0, 0.1) is 0 Å². The maximum absolute atomic E-state index is 12.0. The molecule has 0 saturated heterocycles. The van der Waals surface area contributed by atoms with Crippen molar-refractivity contribution in [3.05, 3.63) is 63.1 Å². The molecule has 0 saturated carbocycles. The highest BCUT2D eigenvalue weighted by Crippen LogP contribution is 2.27. The lowest BCUT2D eigenvalue weighted by Gasteiger charge is -2.12. The van der Waals surface area contributed by atoms with Gasteiger partial charge in [-0.15, -0.1) is 0 Å². The number of amides is 2. The predicted octanol–water partition coefficient (Wildman–Crippen LogP) is 4.14. The zero-order valence-corrected chi connectivity index (χ0v) is 17.5. The van der Waals surface area contributed by atoms with Crippen LogP contribution in [-0.4, -0.2) is 23.5 Å². The molecular formula is C18H16Cl3N3O3S. The average Bonchev–Trinajstić information content (AvgIpc) is 2.65. The van der Waals surface area contributed by atoms with Gasteiger partial charge < -0.3 is 4.74 Å². The Labute approximate surface area is 182 Å². The van der Waals surface area contributed by atoms with E-state index in [-0.39, 0.29) is 23.0 Å². The molecule has 0 unspecified atom stereocenters. The fourth-order valence-electron chi connectivity index (χ4n) is 2.04. The summed E-state index contributed by atoms with van der Waals surface area (Å²) in [5.74, 6) is -0.307. The summed E-state index contributed by atoms with van der Waals surface area (Å²) in [5, 5.41) is 3.58. The fraction of sp³-hybridized carbons (Fsp3) is 0.167. The molecule has 10 heteroatoms. The van der Waals surface area contributed by atoms with Gasteiger partial charge in [0.25, 0.3) is 5.91 Å². The number of nitrogens with one attached hydrogen (secondary N) is 3. The van der Waals surface area contributed by atoms with Crippen LogP contribution < -0.4 is 20.9 Å². The molecule has 0 spiro atoms. The first-order valence-electron chi connectivity index (χ1n) is 8.09. The Kier molecular flexibility index (Phi) is 8.79. The second-order valence-corrected chi connectivity index (χ2v) is 7.12. The summed E-state index contributed by atoms with van der Waals surface area (Å²) in [5.41, 5.74) is 5.13. The van der Waals surface area contributed by atoms with E-state index in [0.717, 1.165) is 0 Å². The maximum atomic E-state index is 12.0. The first-order chi connectivity index (χ1) is 13.4. The lowest BCUT2D eigenvalue weighted by atomic mass is 10.2. The van der Waals surface area contributed by atoms with Gasteiger partial charge in [-0.05, 0) is 49.0 Å². The molecule has 0 aliphatic carbocycles. The Hall–Kier alpha value is -2.06. The number of hydrogen-bond donors (Lipinski definition) is 3. The molecule has 2 amide bonds. The second-order valence-electron chi connectivity index (χ2n) is 5.46. The van der Waals surface area contributed by atoms with Crippen LogP contribution in [0.2, 0.25) is 15.1 Å². The first-order valence-corrected chi connectivity index (χ1v) is 9.63. The number of thiocarbonyl (C=S) groups is 1. The molecule has 2 aromatic carbocycles. The van der Waals surface area contributed by atoms with Gasteiger partial charge in [0.05, 0.1) is 22.2 Å². The van der Waals surface area contributed by atoms with Crippen molar-refractivity contribution in [3.63, 3.8) is 0 Å². The molecule has 28 heavy (non-hydrogen) atoms. The molecule has 0 aliphatic heterocycles. The second kappa shape index (κ2) is 11.1. The van der Waals surface area contributed by atoms with Gasteiger partial charge in [0.15, 0.2) is 5.11 Å². The van der Waals surface area contributed by atoms with E-state index in [4.69, 9.17) is 51.8 Å². The zero-order chi connectivity index (χ0) is 20.5. The molecule has 6 nitrogen and oxygen atoms in total. The molecule has 0 radical (unpaired) electrons. The van der Waals surface area contributed by atoms with Crippen LogP contribution in [-0.2, 0) is 4.79 Å². The van der Waals surface area contributed by atoms with E-state index in [2.05, 4.69) is 16.2 Å². The molecule has 0 heterocycles. The minimum atomic E-state index is -0.481. The third kappa shape index (κ3) is 7.16. The monoisotopic (exact) mass is 459 g/mol. The van der Waals surface area contributed by atoms with Crippen LogP contribution in [0.5, 0.6) is 5.75 Å². The highest BCUT2D eigenvalue weighted by molar-refractivity contribution is 7.80. The van der Waals surface area contributed by atoms with Gasteiger partial charge in [-0.1, -0.05) is 46.9 Å². The number of carbonyl (C=O) groups excluding carboxylic acids is 2. The molecule has 0 bridgehead atoms. The minimum absolute atomic E-state index is 0.0533. The molecule has 3 N–H and O–H groups in total. The summed E-state index contributed by atoms with van der Waals surface area (Å²) in [6, 6.07) is 11.4. The van der Waals surface area contributed by atoms with Gasteiger partial charge in [0.2, 0.25) is 5.91 Å². The van der Waals surface area contributed by atoms with Gasteiger partial charge in [0.1, 0.15) is 5.75 Å². The fourth-order valence-corrected chi connectivity index (χ4v) is 2.87. The zero-order valence-electron chi connectivity index (χ0n) is 14.4. The van der Waals surface area contributed by atoms with Gasteiger partial charge in [-0.3, -0.25) is 25.8 Å². The largest absolute Gasteiger partial charge is 0.492 e. The standard InChI is InChI=1S/C18H16Cl3N3O3S/c19-11-7-8-15(14(21)10-11)27-9-3-6-16(25)23-24-18(28)22-17(26)12-4-1-2-5-13(12)20/h1-2,4-5,7-8,10H,3,6,9H2,(H,23,25)(H2,22,24,26,28). The number of halogens is 3. The molecule has 0 fully saturated rings. The maximum Gasteiger partial charge on any atom is 0.258 e. The lowest BCUT2D eigenvalue weighted by Crippen LogP contribution is -2.48. The molecule has 148 valence electrons. The van der Waals surface area contributed by atoms with E-state index in [1.54, 1.807) is 42.5 Å². The molecule has 0 aliphatic rings. The average molecular weight is 461 g/mol. The van der Waals surface area contributed by atoms with E-state index in [0.29, 0.717) is 33.8 Å². The smallest absolute Gasteiger partial charge is 0.258 e. The van der Waals surface area contributed by atoms with Crippen molar-refractivity contribution < 1.29 is 14.3 Å². The summed E-state index contributed by atoms with van der Waals surface area (Å²) >= 11 is 22.7. The van der Waals surface area contributed by atoms with Crippen molar-refractivity contribution in [2.75, 3.05) is 6.61 Å². The predicted molar refractivity (Wildman–Crippen MR) is 114 cm³/mol. The van der Waals surface area contributed by atoms with Crippen LogP contribution in [0.15, 0.2) is 42.5 Å². The molecule has 2 aromatic rings. The number of benzene rings is 2. The normalized spacial score (nSPS) is 10.1.